The summed E-state index contributed by atoms with van der Waals surface area (Å²) in [5.41, 5.74) is 3.93. The van der Waals surface area contributed by atoms with Crippen LogP contribution in [-0.4, -0.2) is 5.24 Å². The van der Waals surface area contributed by atoms with Crippen molar-refractivity contribution in [3.8, 4) is 0 Å². The molecule has 126 valence electrons. The summed E-state index contributed by atoms with van der Waals surface area (Å²) in [4.78, 5) is 10.7. The quantitative estimate of drug-likeness (QED) is 0.227. The Labute approximate surface area is 142 Å². The molecule has 0 radical (unpaired) electrons. The second-order valence-corrected chi connectivity index (χ2v) is 7.11. The second kappa shape index (κ2) is 12.7. The Bertz CT molecular complexity index is 411. The van der Waals surface area contributed by atoms with Crippen molar-refractivity contribution in [3.63, 3.8) is 0 Å². The minimum Gasteiger partial charge on any atom is -0.276 e. The molecule has 1 atom stereocenters. The van der Waals surface area contributed by atoms with Crippen molar-refractivity contribution in [1.82, 2.24) is 0 Å². The maximum atomic E-state index is 10.7. The summed E-state index contributed by atoms with van der Waals surface area (Å²) in [6.45, 7) is 10.9. The maximum Gasteiger partial charge on any atom is 0.245 e. The van der Waals surface area contributed by atoms with Gasteiger partial charge in [-0.3, -0.25) is 4.79 Å². The van der Waals surface area contributed by atoms with E-state index in [9.17, 15) is 4.79 Å². The summed E-state index contributed by atoms with van der Waals surface area (Å²) >= 11 is 5.33. The zero-order valence-electron chi connectivity index (χ0n) is 15.0. The lowest BCUT2D eigenvalue weighted by molar-refractivity contribution is -0.107. The highest BCUT2D eigenvalue weighted by atomic mass is 35.5. The first-order valence-corrected chi connectivity index (χ1v) is 8.84. The van der Waals surface area contributed by atoms with Crippen molar-refractivity contribution < 1.29 is 4.79 Å². The summed E-state index contributed by atoms with van der Waals surface area (Å²) < 4.78 is 0. The van der Waals surface area contributed by atoms with Gasteiger partial charge in [0, 0.05) is 0 Å². The highest BCUT2D eigenvalue weighted by Crippen LogP contribution is 2.18. The minimum absolute atomic E-state index is 0.375. The fourth-order valence-electron chi connectivity index (χ4n) is 2.44. The molecule has 0 aromatic carbocycles. The third-order valence-electron chi connectivity index (χ3n) is 3.87. The van der Waals surface area contributed by atoms with Gasteiger partial charge < -0.3 is 0 Å². The van der Waals surface area contributed by atoms with Gasteiger partial charge in [0.15, 0.2) is 0 Å². The van der Waals surface area contributed by atoms with Gasteiger partial charge in [-0.15, -0.1) is 0 Å². The third-order valence-corrected chi connectivity index (χ3v) is 3.98. The standard InChI is InChI=1S/C20H33ClO/c1-16(2)9-6-10-17(3)11-7-12-18(4)13-8-14-19(5)15-20(21)22/h9,13,15,17H,6-8,10-12,14H2,1-5H3/b18-13+,19-15+/t17-/m1/s1. The second-order valence-electron chi connectivity index (χ2n) is 6.74. The van der Waals surface area contributed by atoms with Crippen LogP contribution in [0.5, 0.6) is 0 Å². The van der Waals surface area contributed by atoms with Crippen molar-refractivity contribution >= 4 is 16.8 Å². The molecule has 0 heterocycles. The molecule has 0 aromatic heterocycles. The first kappa shape index (κ1) is 21.2. The number of allylic oxidation sites excluding steroid dienone is 6. The Morgan fingerprint density at radius 3 is 2.23 bits per heavy atom. The molecule has 0 fully saturated rings. The molecule has 0 amide bonds. The molecule has 1 nitrogen and oxygen atoms in total. The van der Waals surface area contributed by atoms with Crippen molar-refractivity contribution in [1.29, 1.82) is 0 Å². The zero-order chi connectivity index (χ0) is 17.0. The first-order valence-electron chi connectivity index (χ1n) is 8.47. The van der Waals surface area contributed by atoms with Crippen molar-refractivity contribution in [2.45, 2.75) is 79.6 Å². The molecule has 0 unspecified atom stereocenters. The smallest absolute Gasteiger partial charge is 0.245 e. The molecule has 0 aliphatic heterocycles. The summed E-state index contributed by atoms with van der Waals surface area (Å²) in [6, 6.07) is 0. The van der Waals surface area contributed by atoms with Crippen LogP contribution in [0.25, 0.3) is 0 Å². The molecule has 0 aromatic rings. The largest absolute Gasteiger partial charge is 0.276 e. The fraction of sp³-hybridized carbons (Fsp3) is 0.650. The Morgan fingerprint density at radius 2 is 1.64 bits per heavy atom. The van der Waals surface area contributed by atoms with Gasteiger partial charge in [-0.1, -0.05) is 42.2 Å². The molecule has 0 bridgehead atoms. The van der Waals surface area contributed by atoms with E-state index in [4.69, 9.17) is 11.6 Å². The highest BCUT2D eigenvalue weighted by Gasteiger charge is 2.01. The number of hydrogen-bond donors (Lipinski definition) is 0. The van der Waals surface area contributed by atoms with Gasteiger partial charge in [-0.05, 0) is 89.8 Å². The third kappa shape index (κ3) is 14.1. The number of carbonyl (C=O) groups is 1. The lowest BCUT2D eigenvalue weighted by Gasteiger charge is -2.10. The average molecular weight is 325 g/mol. The van der Waals surface area contributed by atoms with Gasteiger partial charge in [0.2, 0.25) is 5.24 Å². The van der Waals surface area contributed by atoms with Crippen LogP contribution in [0.1, 0.15) is 79.6 Å². The monoisotopic (exact) mass is 324 g/mol. The van der Waals surface area contributed by atoms with E-state index < -0.39 is 0 Å². The summed E-state index contributed by atoms with van der Waals surface area (Å²) in [5, 5.41) is -0.375. The van der Waals surface area contributed by atoms with Crippen LogP contribution in [0.3, 0.4) is 0 Å². The topological polar surface area (TPSA) is 17.1 Å². The van der Waals surface area contributed by atoms with Gasteiger partial charge in [-0.2, -0.15) is 0 Å². The summed E-state index contributed by atoms with van der Waals surface area (Å²) in [6.07, 6.45) is 14.3. The Kier molecular flexibility index (Phi) is 12.2. The van der Waals surface area contributed by atoms with Crippen molar-refractivity contribution in [2.75, 3.05) is 0 Å². The summed E-state index contributed by atoms with van der Waals surface area (Å²) in [5.74, 6) is 0.809. The normalized spacial score (nSPS) is 13.9. The predicted octanol–water partition coefficient (Wildman–Crippen LogP) is 6.98. The Hall–Kier alpha value is -0.820. The molecular formula is C20H33ClO. The first-order chi connectivity index (χ1) is 10.3. The van der Waals surface area contributed by atoms with Crippen LogP contribution in [-0.2, 0) is 4.79 Å². The highest BCUT2D eigenvalue weighted by molar-refractivity contribution is 6.66. The van der Waals surface area contributed by atoms with E-state index >= 15 is 0 Å². The van der Waals surface area contributed by atoms with E-state index in [-0.39, 0.29) is 5.24 Å². The number of rotatable bonds is 11. The van der Waals surface area contributed by atoms with E-state index in [0.29, 0.717) is 0 Å². The van der Waals surface area contributed by atoms with Crippen LogP contribution < -0.4 is 0 Å². The van der Waals surface area contributed by atoms with Crippen LogP contribution in [0.4, 0.5) is 0 Å². The van der Waals surface area contributed by atoms with Crippen molar-refractivity contribution in [3.05, 3.63) is 34.9 Å². The molecule has 0 saturated carbocycles. The Morgan fingerprint density at radius 1 is 0.955 bits per heavy atom. The van der Waals surface area contributed by atoms with Crippen LogP contribution >= 0.6 is 11.6 Å². The predicted molar refractivity (Wildman–Crippen MR) is 99.3 cm³/mol. The van der Waals surface area contributed by atoms with E-state index in [0.717, 1.165) is 24.3 Å². The fourth-order valence-corrected chi connectivity index (χ4v) is 2.63. The molecule has 0 rings (SSSR count). The molecule has 0 aliphatic carbocycles. The molecule has 22 heavy (non-hydrogen) atoms. The molecule has 2 heteroatoms. The minimum atomic E-state index is -0.375. The zero-order valence-corrected chi connectivity index (χ0v) is 15.8. The van der Waals surface area contributed by atoms with E-state index in [1.807, 2.05) is 6.92 Å². The number of hydrogen-bond acceptors (Lipinski definition) is 1. The molecule has 0 aliphatic rings. The van der Waals surface area contributed by atoms with Gasteiger partial charge in [0.1, 0.15) is 0 Å². The van der Waals surface area contributed by atoms with Gasteiger partial charge in [0.25, 0.3) is 0 Å². The van der Waals surface area contributed by atoms with Crippen molar-refractivity contribution in [2.24, 2.45) is 5.92 Å². The Balaban J connectivity index is 3.84. The summed E-state index contributed by atoms with van der Waals surface area (Å²) in [7, 11) is 0. The average Bonchev–Trinajstić information content (AvgIpc) is 2.37. The van der Waals surface area contributed by atoms with Gasteiger partial charge in [-0.25, -0.2) is 0 Å². The van der Waals surface area contributed by atoms with E-state index in [1.165, 1.54) is 49.3 Å². The number of carbonyl (C=O) groups excluding carboxylic acids is 1. The maximum absolute atomic E-state index is 10.7. The molecule has 0 spiro atoms. The van der Waals surface area contributed by atoms with Gasteiger partial charge in [0.05, 0.1) is 0 Å². The SMILES string of the molecule is CC(C)=CCC[C@@H](C)CCC/C(C)=C/CC/C(C)=C/C(=O)Cl. The van der Waals surface area contributed by atoms with Crippen LogP contribution in [0.2, 0.25) is 0 Å². The van der Waals surface area contributed by atoms with Crippen LogP contribution in [0.15, 0.2) is 34.9 Å². The van der Waals surface area contributed by atoms with Crippen LogP contribution in [0, 0.1) is 5.92 Å². The molecule has 0 N–H and O–H groups in total. The lowest BCUT2D eigenvalue weighted by Crippen LogP contribution is -1.94. The number of halogens is 1. The van der Waals surface area contributed by atoms with Gasteiger partial charge >= 0.3 is 0 Å². The van der Waals surface area contributed by atoms with E-state index in [1.54, 1.807) is 0 Å². The lowest BCUT2D eigenvalue weighted by atomic mass is 9.96. The molecule has 0 saturated heterocycles. The molecular weight excluding hydrogens is 292 g/mol. The van der Waals surface area contributed by atoms with E-state index in [2.05, 4.69) is 39.8 Å².